The second-order valence-electron chi connectivity index (χ2n) is 4.38. The lowest BCUT2D eigenvalue weighted by Crippen LogP contribution is -2.49. The van der Waals surface area contributed by atoms with Gasteiger partial charge in [-0.2, -0.15) is 0 Å². The van der Waals surface area contributed by atoms with Crippen molar-refractivity contribution < 1.29 is 24.2 Å². The van der Waals surface area contributed by atoms with Gasteiger partial charge in [-0.3, -0.25) is 9.59 Å². The molecule has 5 heteroatoms. The van der Waals surface area contributed by atoms with Gasteiger partial charge in [0.1, 0.15) is 0 Å². The molecule has 1 atom stereocenters. The lowest BCUT2D eigenvalue weighted by Gasteiger charge is -2.28. The van der Waals surface area contributed by atoms with Gasteiger partial charge in [-0.05, 0) is 31.9 Å². The molecule has 1 unspecified atom stereocenters. The van der Waals surface area contributed by atoms with Crippen molar-refractivity contribution in [3.8, 4) is 0 Å². The molecule has 20 heavy (non-hydrogen) atoms. The number of benzene rings is 1. The average molecular weight is 280 g/mol. The number of carbonyl (C=O) groups is 2. The number of ether oxygens (including phenoxy) is 2. The van der Waals surface area contributed by atoms with Crippen LogP contribution in [0.4, 0.5) is 0 Å². The van der Waals surface area contributed by atoms with Crippen molar-refractivity contribution in [1.29, 1.82) is 0 Å². The summed E-state index contributed by atoms with van der Waals surface area (Å²) < 4.78 is 10.2. The molecule has 0 saturated heterocycles. The van der Waals surface area contributed by atoms with E-state index >= 15 is 0 Å². The predicted molar refractivity (Wildman–Crippen MR) is 73.6 cm³/mol. The second kappa shape index (κ2) is 7.05. The Labute approximate surface area is 118 Å². The molecule has 1 aromatic carbocycles. The Morgan fingerprint density at radius 3 is 2.35 bits per heavy atom. The number of hydrogen-bond acceptors (Lipinski definition) is 4. The highest BCUT2D eigenvalue weighted by Gasteiger charge is 2.50. The van der Waals surface area contributed by atoms with E-state index in [9.17, 15) is 14.7 Å². The van der Waals surface area contributed by atoms with E-state index < -0.39 is 17.4 Å². The van der Waals surface area contributed by atoms with Crippen molar-refractivity contribution >= 4 is 11.9 Å². The molecule has 0 aliphatic carbocycles. The molecule has 1 aromatic rings. The number of carboxylic acids is 1. The number of esters is 1. The molecular formula is C15H20O5. The molecule has 0 spiro atoms. The van der Waals surface area contributed by atoms with Crippen molar-refractivity contribution in [2.24, 2.45) is 0 Å². The van der Waals surface area contributed by atoms with Gasteiger partial charge >= 0.3 is 11.9 Å². The zero-order chi connectivity index (χ0) is 15.2. The maximum absolute atomic E-state index is 12.3. The van der Waals surface area contributed by atoms with Gasteiger partial charge in [0.05, 0.1) is 13.2 Å². The SMILES string of the molecule is CCOCC(C(=O)O)(C(=O)OCC)c1ccccc1C. The van der Waals surface area contributed by atoms with Gasteiger partial charge in [-0.15, -0.1) is 0 Å². The molecule has 0 amide bonds. The van der Waals surface area contributed by atoms with Gasteiger partial charge in [0, 0.05) is 6.61 Å². The van der Waals surface area contributed by atoms with E-state index in [-0.39, 0.29) is 13.2 Å². The van der Waals surface area contributed by atoms with Gasteiger partial charge in [-0.25, -0.2) is 0 Å². The zero-order valence-corrected chi connectivity index (χ0v) is 12.0. The first kappa shape index (κ1) is 16.2. The van der Waals surface area contributed by atoms with Crippen molar-refractivity contribution in [2.75, 3.05) is 19.8 Å². The number of aliphatic carboxylic acids is 1. The van der Waals surface area contributed by atoms with Crippen molar-refractivity contribution in [2.45, 2.75) is 26.2 Å². The molecule has 0 bridgehead atoms. The van der Waals surface area contributed by atoms with Crippen molar-refractivity contribution in [3.05, 3.63) is 35.4 Å². The third-order valence-corrected chi connectivity index (χ3v) is 3.12. The maximum Gasteiger partial charge on any atom is 0.330 e. The first-order valence-corrected chi connectivity index (χ1v) is 6.55. The minimum absolute atomic E-state index is 0.117. The number of carboxylic acid groups (broad SMARTS) is 1. The van der Waals surface area contributed by atoms with Crippen molar-refractivity contribution in [3.63, 3.8) is 0 Å². The maximum atomic E-state index is 12.3. The van der Waals surface area contributed by atoms with Gasteiger partial charge in [0.2, 0.25) is 5.41 Å². The molecule has 0 heterocycles. The molecule has 0 radical (unpaired) electrons. The number of aryl methyl sites for hydroxylation is 1. The fourth-order valence-corrected chi connectivity index (χ4v) is 2.07. The van der Waals surface area contributed by atoms with Crippen LogP contribution in [0, 0.1) is 6.92 Å². The highest BCUT2D eigenvalue weighted by atomic mass is 16.5. The summed E-state index contributed by atoms with van der Waals surface area (Å²) in [6, 6.07) is 6.88. The van der Waals surface area contributed by atoms with E-state index in [2.05, 4.69) is 0 Å². The summed E-state index contributed by atoms with van der Waals surface area (Å²) in [5.41, 5.74) is -0.709. The third-order valence-electron chi connectivity index (χ3n) is 3.12. The first-order valence-electron chi connectivity index (χ1n) is 6.55. The molecular weight excluding hydrogens is 260 g/mol. The molecule has 1 N–H and O–H groups in total. The lowest BCUT2D eigenvalue weighted by atomic mass is 9.79. The standard InChI is InChI=1S/C15H20O5/c1-4-19-10-15(13(16)17,14(18)20-5-2)12-9-7-6-8-11(12)3/h6-9H,4-5,10H2,1-3H3,(H,16,17). The highest BCUT2D eigenvalue weighted by Crippen LogP contribution is 2.30. The monoisotopic (exact) mass is 280 g/mol. The Morgan fingerprint density at radius 1 is 1.20 bits per heavy atom. The van der Waals surface area contributed by atoms with E-state index in [1.807, 2.05) is 0 Å². The van der Waals surface area contributed by atoms with Gasteiger partial charge in [-0.1, -0.05) is 24.3 Å². The van der Waals surface area contributed by atoms with Crippen LogP contribution in [0.1, 0.15) is 25.0 Å². The summed E-state index contributed by atoms with van der Waals surface area (Å²) in [7, 11) is 0. The van der Waals surface area contributed by atoms with Crippen LogP contribution < -0.4 is 0 Å². The summed E-state index contributed by atoms with van der Waals surface area (Å²) >= 11 is 0. The number of carbonyl (C=O) groups excluding carboxylic acids is 1. The Balaban J connectivity index is 3.40. The fourth-order valence-electron chi connectivity index (χ4n) is 2.07. The molecule has 5 nitrogen and oxygen atoms in total. The second-order valence-corrected chi connectivity index (χ2v) is 4.38. The van der Waals surface area contributed by atoms with Gasteiger partial charge in [0.15, 0.2) is 0 Å². The van der Waals surface area contributed by atoms with E-state index in [0.717, 1.165) is 0 Å². The third kappa shape index (κ3) is 2.99. The number of hydrogen-bond donors (Lipinski definition) is 1. The quantitative estimate of drug-likeness (QED) is 0.610. The largest absolute Gasteiger partial charge is 0.480 e. The molecule has 0 saturated carbocycles. The van der Waals surface area contributed by atoms with Gasteiger partial charge in [0.25, 0.3) is 0 Å². The van der Waals surface area contributed by atoms with Crippen LogP contribution in [0.5, 0.6) is 0 Å². The molecule has 1 rings (SSSR count). The predicted octanol–water partition coefficient (Wildman–Crippen LogP) is 1.92. The van der Waals surface area contributed by atoms with Crippen LogP contribution in [0.25, 0.3) is 0 Å². The van der Waals surface area contributed by atoms with Crippen LogP contribution in [-0.4, -0.2) is 36.9 Å². The first-order chi connectivity index (χ1) is 9.50. The van der Waals surface area contributed by atoms with Gasteiger partial charge < -0.3 is 14.6 Å². The van der Waals surface area contributed by atoms with Crippen LogP contribution in [0.3, 0.4) is 0 Å². The van der Waals surface area contributed by atoms with Crippen LogP contribution in [0.2, 0.25) is 0 Å². The van der Waals surface area contributed by atoms with E-state index in [4.69, 9.17) is 9.47 Å². The Morgan fingerprint density at radius 2 is 1.85 bits per heavy atom. The molecule has 0 aliphatic heterocycles. The fraction of sp³-hybridized carbons (Fsp3) is 0.467. The molecule has 0 aromatic heterocycles. The minimum Gasteiger partial charge on any atom is -0.480 e. The van der Waals surface area contributed by atoms with E-state index in [0.29, 0.717) is 17.7 Å². The van der Waals surface area contributed by atoms with Crippen LogP contribution in [-0.2, 0) is 24.5 Å². The minimum atomic E-state index is -1.82. The molecule has 0 aliphatic rings. The Kier molecular flexibility index (Phi) is 5.70. The van der Waals surface area contributed by atoms with Crippen LogP contribution in [0.15, 0.2) is 24.3 Å². The van der Waals surface area contributed by atoms with Crippen molar-refractivity contribution in [1.82, 2.24) is 0 Å². The lowest BCUT2D eigenvalue weighted by molar-refractivity contribution is -0.165. The Hall–Kier alpha value is -1.88. The summed E-state index contributed by atoms with van der Waals surface area (Å²) in [6.45, 7) is 5.34. The zero-order valence-electron chi connectivity index (χ0n) is 12.0. The van der Waals surface area contributed by atoms with E-state index in [1.54, 1.807) is 45.0 Å². The normalized spacial score (nSPS) is 13.6. The molecule has 110 valence electrons. The topological polar surface area (TPSA) is 72.8 Å². The highest BCUT2D eigenvalue weighted by molar-refractivity contribution is 6.06. The van der Waals surface area contributed by atoms with Crippen LogP contribution >= 0.6 is 0 Å². The summed E-state index contributed by atoms with van der Waals surface area (Å²) in [5.74, 6) is -2.06. The van der Waals surface area contributed by atoms with E-state index in [1.165, 1.54) is 0 Å². The summed E-state index contributed by atoms with van der Waals surface area (Å²) in [5, 5.41) is 9.64. The summed E-state index contributed by atoms with van der Waals surface area (Å²) in [4.78, 5) is 24.1. The molecule has 0 fully saturated rings. The Bertz CT molecular complexity index is 483. The average Bonchev–Trinajstić information content (AvgIpc) is 2.41. The summed E-state index contributed by atoms with van der Waals surface area (Å²) in [6.07, 6.45) is 0. The smallest absolute Gasteiger partial charge is 0.330 e. The number of rotatable bonds is 7.